The van der Waals surface area contributed by atoms with Gasteiger partial charge in [-0.2, -0.15) is 0 Å². The van der Waals surface area contributed by atoms with Crippen molar-refractivity contribution in [2.75, 3.05) is 18.5 Å². The van der Waals surface area contributed by atoms with Gasteiger partial charge in [-0.3, -0.25) is 4.79 Å². The molecule has 0 radical (unpaired) electrons. The van der Waals surface area contributed by atoms with Gasteiger partial charge in [-0.15, -0.1) is 0 Å². The van der Waals surface area contributed by atoms with E-state index in [0.29, 0.717) is 30.0 Å². The fraction of sp³-hybridized carbons (Fsp3) is 0.263. The van der Waals surface area contributed by atoms with Crippen molar-refractivity contribution < 1.29 is 28.6 Å². The van der Waals surface area contributed by atoms with Gasteiger partial charge in [0.2, 0.25) is 5.91 Å². The summed E-state index contributed by atoms with van der Waals surface area (Å²) < 4.78 is 24.4. The lowest BCUT2D eigenvalue weighted by Gasteiger charge is -2.19. The number of carbonyl (C=O) groups excluding carboxylic acids is 1. The van der Waals surface area contributed by atoms with Gasteiger partial charge in [0.1, 0.15) is 11.6 Å². The van der Waals surface area contributed by atoms with Crippen molar-refractivity contribution in [3.63, 3.8) is 0 Å². The fourth-order valence-corrected chi connectivity index (χ4v) is 3.01. The van der Waals surface area contributed by atoms with Crippen LogP contribution < -0.4 is 10.1 Å². The highest BCUT2D eigenvalue weighted by Crippen LogP contribution is 2.36. The Kier molecular flexibility index (Phi) is 5.93. The summed E-state index contributed by atoms with van der Waals surface area (Å²) in [5.74, 6) is -1.95. The first-order valence-electron chi connectivity index (χ1n) is 8.26. The second-order valence-electron chi connectivity index (χ2n) is 6.06. The molecule has 3 rings (SSSR count). The van der Waals surface area contributed by atoms with Gasteiger partial charge in [0, 0.05) is 12.3 Å². The number of carboxylic acid groups (broad SMARTS) is 1. The van der Waals surface area contributed by atoms with Crippen LogP contribution in [0.3, 0.4) is 0 Å². The van der Waals surface area contributed by atoms with Gasteiger partial charge >= 0.3 is 5.97 Å². The summed E-state index contributed by atoms with van der Waals surface area (Å²) in [7, 11) is 0. The Morgan fingerprint density at radius 2 is 2.00 bits per heavy atom. The lowest BCUT2D eigenvalue weighted by molar-refractivity contribution is -0.139. The van der Waals surface area contributed by atoms with Gasteiger partial charge in [0.05, 0.1) is 17.0 Å². The predicted molar refractivity (Wildman–Crippen MR) is 96.4 cm³/mol. The number of aliphatic carboxylic acids is 1. The molecule has 6 nitrogen and oxygen atoms in total. The summed E-state index contributed by atoms with van der Waals surface area (Å²) in [6.45, 7) is -0.0422. The van der Waals surface area contributed by atoms with Crippen molar-refractivity contribution in [3.8, 4) is 5.75 Å². The third-order valence-electron chi connectivity index (χ3n) is 4.18. The minimum Gasteiger partial charge on any atom is -0.482 e. The fourth-order valence-electron chi connectivity index (χ4n) is 2.89. The normalized spacial score (nSPS) is 18.9. The average molecular weight is 394 g/mol. The Morgan fingerprint density at radius 3 is 2.67 bits per heavy atom. The number of ether oxygens (including phenoxy) is 2. The third kappa shape index (κ3) is 4.75. The summed E-state index contributed by atoms with van der Waals surface area (Å²) in [6.07, 6.45) is -0.0319. The van der Waals surface area contributed by atoms with Crippen molar-refractivity contribution in [1.29, 1.82) is 0 Å². The van der Waals surface area contributed by atoms with Crippen LogP contribution in [0.2, 0.25) is 5.02 Å². The van der Waals surface area contributed by atoms with Crippen molar-refractivity contribution in [1.82, 2.24) is 0 Å². The van der Waals surface area contributed by atoms with Gasteiger partial charge in [-0.05, 0) is 48.4 Å². The first-order chi connectivity index (χ1) is 12.9. The third-order valence-corrected chi connectivity index (χ3v) is 4.49. The standard InChI is InChI=1S/C19H17ClFNO5/c20-15-6-1-11(9-16(15)21)18-14(7-8-26-18)19(25)22-12-2-4-13(5-3-12)27-10-17(23)24/h1-6,9,14,18H,7-8,10H2,(H,22,25)(H,23,24)/t14-,18+/m1/s1. The highest BCUT2D eigenvalue weighted by molar-refractivity contribution is 6.30. The van der Waals surface area contributed by atoms with E-state index >= 15 is 0 Å². The lowest BCUT2D eigenvalue weighted by atomic mass is 9.94. The Labute approximate surface area is 159 Å². The summed E-state index contributed by atoms with van der Waals surface area (Å²) in [5, 5.41) is 11.4. The van der Waals surface area contributed by atoms with Crippen LogP contribution in [0.1, 0.15) is 18.1 Å². The van der Waals surface area contributed by atoms with Crippen molar-refractivity contribution in [2.45, 2.75) is 12.5 Å². The number of nitrogens with one attached hydrogen (secondary N) is 1. The average Bonchev–Trinajstić information content (AvgIpc) is 3.13. The molecule has 142 valence electrons. The summed E-state index contributed by atoms with van der Waals surface area (Å²) in [5.41, 5.74) is 1.10. The van der Waals surface area contributed by atoms with E-state index in [1.165, 1.54) is 12.1 Å². The zero-order valence-electron chi connectivity index (χ0n) is 14.2. The number of carbonyl (C=O) groups is 2. The van der Waals surface area contributed by atoms with E-state index in [9.17, 15) is 14.0 Å². The molecule has 2 atom stereocenters. The van der Waals surface area contributed by atoms with Crippen molar-refractivity contribution >= 4 is 29.2 Å². The maximum absolute atomic E-state index is 13.7. The maximum atomic E-state index is 13.7. The maximum Gasteiger partial charge on any atom is 0.341 e. The molecule has 27 heavy (non-hydrogen) atoms. The van der Waals surface area contributed by atoms with E-state index in [1.807, 2.05) is 0 Å². The molecule has 2 aromatic carbocycles. The molecule has 2 N–H and O–H groups in total. The topological polar surface area (TPSA) is 84.9 Å². The number of anilines is 1. The van der Waals surface area contributed by atoms with Gasteiger partial charge in [-0.25, -0.2) is 9.18 Å². The van der Waals surface area contributed by atoms with Crippen LogP contribution in [0, 0.1) is 11.7 Å². The highest BCUT2D eigenvalue weighted by atomic mass is 35.5. The van der Waals surface area contributed by atoms with Crippen LogP contribution in [0.15, 0.2) is 42.5 Å². The van der Waals surface area contributed by atoms with Crippen LogP contribution >= 0.6 is 11.6 Å². The molecule has 1 heterocycles. The summed E-state index contributed by atoms with van der Waals surface area (Å²) in [4.78, 5) is 23.1. The van der Waals surface area contributed by atoms with E-state index < -0.39 is 30.4 Å². The lowest BCUT2D eigenvalue weighted by Crippen LogP contribution is -2.25. The number of carboxylic acids is 1. The van der Waals surface area contributed by atoms with Crippen LogP contribution in [-0.2, 0) is 14.3 Å². The minimum absolute atomic E-state index is 0.0166. The molecule has 0 spiro atoms. The van der Waals surface area contributed by atoms with Crippen LogP contribution in [0.4, 0.5) is 10.1 Å². The molecule has 1 fully saturated rings. The van der Waals surface area contributed by atoms with Crippen molar-refractivity contribution in [2.24, 2.45) is 5.92 Å². The molecule has 0 bridgehead atoms. The Balaban J connectivity index is 1.66. The second-order valence-corrected chi connectivity index (χ2v) is 6.46. The van der Waals surface area contributed by atoms with E-state index in [-0.39, 0.29) is 10.9 Å². The number of hydrogen-bond donors (Lipinski definition) is 2. The minimum atomic E-state index is -1.07. The first-order valence-corrected chi connectivity index (χ1v) is 8.64. The van der Waals surface area contributed by atoms with E-state index in [1.54, 1.807) is 30.3 Å². The number of rotatable bonds is 6. The van der Waals surface area contributed by atoms with Gasteiger partial charge < -0.3 is 19.9 Å². The SMILES string of the molecule is O=C(O)COc1ccc(NC(=O)[C@@H]2CCO[C@H]2c2ccc(Cl)c(F)c2)cc1. The summed E-state index contributed by atoms with van der Waals surface area (Å²) >= 11 is 5.71. The van der Waals surface area contributed by atoms with Gasteiger partial charge in [0.25, 0.3) is 0 Å². The zero-order valence-corrected chi connectivity index (χ0v) is 14.9. The quantitative estimate of drug-likeness (QED) is 0.782. The molecule has 1 aliphatic rings. The first kappa shape index (κ1) is 19.1. The molecule has 1 aliphatic heterocycles. The molecule has 0 aliphatic carbocycles. The van der Waals surface area contributed by atoms with Gasteiger partial charge in [0.15, 0.2) is 6.61 Å². The Hall–Kier alpha value is -2.64. The molecule has 0 aromatic heterocycles. The van der Waals surface area contributed by atoms with Crippen molar-refractivity contribution in [3.05, 3.63) is 58.9 Å². The Bertz CT molecular complexity index is 842. The van der Waals surface area contributed by atoms with Crippen LogP contribution in [0.5, 0.6) is 5.75 Å². The smallest absolute Gasteiger partial charge is 0.341 e. The molecular weight excluding hydrogens is 377 g/mol. The summed E-state index contributed by atoms with van der Waals surface area (Å²) in [6, 6.07) is 10.7. The number of halogens is 2. The molecule has 1 amide bonds. The van der Waals surface area contributed by atoms with E-state index in [4.69, 9.17) is 26.2 Å². The Morgan fingerprint density at radius 1 is 1.26 bits per heavy atom. The number of hydrogen-bond acceptors (Lipinski definition) is 4. The molecule has 8 heteroatoms. The molecule has 2 aromatic rings. The largest absolute Gasteiger partial charge is 0.482 e. The van der Waals surface area contributed by atoms with E-state index in [2.05, 4.69) is 5.32 Å². The molecule has 0 saturated carbocycles. The second kappa shape index (κ2) is 8.37. The van der Waals surface area contributed by atoms with Crippen LogP contribution in [0.25, 0.3) is 0 Å². The van der Waals surface area contributed by atoms with Crippen LogP contribution in [-0.4, -0.2) is 30.2 Å². The monoisotopic (exact) mass is 393 g/mol. The van der Waals surface area contributed by atoms with Gasteiger partial charge in [-0.1, -0.05) is 17.7 Å². The molecule has 1 saturated heterocycles. The van der Waals surface area contributed by atoms with E-state index in [0.717, 1.165) is 0 Å². The molecule has 0 unspecified atom stereocenters. The highest BCUT2D eigenvalue weighted by Gasteiger charge is 2.35. The zero-order chi connectivity index (χ0) is 19.4. The number of amides is 1. The molecular formula is C19H17ClFNO5. The predicted octanol–water partition coefficient (Wildman–Crippen LogP) is 3.66. The number of benzene rings is 2.